The number of piperidine rings is 1. The van der Waals surface area contributed by atoms with Crippen LogP contribution in [0, 0.1) is 0 Å². The number of likely N-dealkylation sites (tertiary alicyclic amines) is 1. The van der Waals surface area contributed by atoms with Crippen molar-refractivity contribution in [2.45, 2.75) is 18.4 Å². The second-order valence-electron chi connectivity index (χ2n) is 7.12. The molecule has 0 aromatic heterocycles. The number of urea groups is 1. The lowest BCUT2D eigenvalue weighted by Gasteiger charge is -2.36. The van der Waals surface area contributed by atoms with Crippen molar-refractivity contribution >= 4 is 11.7 Å². The molecule has 0 saturated carbocycles. The van der Waals surface area contributed by atoms with E-state index in [2.05, 4.69) is 15.5 Å². The number of anilines is 1. The quantitative estimate of drug-likeness (QED) is 0.758. The van der Waals surface area contributed by atoms with Gasteiger partial charge in [-0.3, -0.25) is 0 Å². The summed E-state index contributed by atoms with van der Waals surface area (Å²) in [4.78, 5) is 14.4. The van der Waals surface area contributed by atoms with Crippen molar-refractivity contribution in [2.75, 3.05) is 39.1 Å². The monoisotopic (exact) mass is 369 g/mol. The number of para-hydroxylation sites is 1. The molecule has 2 aromatic carbocycles. The van der Waals surface area contributed by atoms with E-state index in [1.54, 1.807) is 7.11 Å². The van der Waals surface area contributed by atoms with Crippen LogP contribution >= 0.6 is 0 Å². The van der Waals surface area contributed by atoms with Crippen LogP contribution in [-0.2, 0) is 0 Å². The van der Waals surface area contributed by atoms with E-state index >= 15 is 0 Å². The van der Waals surface area contributed by atoms with E-state index in [4.69, 9.17) is 4.74 Å². The van der Waals surface area contributed by atoms with E-state index in [1.165, 1.54) is 0 Å². The summed E-state index contributed by atoms with van der Waals surface area (Å²) in [5, 5.41) is 16.2. The van der Waals surface area contributed by atoms with Gasteiger partial charge >= 0.3 is 6.03 Å². The number of nitrogens with one attached hydrogen (secondary N) is 2. The molecular formula is C21H27N3O3. The first-order chi connectivity index (χ1) is 13.0. The Morgan fingerprint density at radius 1 is 1.19 bits per heavy atom. The molecule has 6 heteroatoms. The number of carbonyl (C=O) groups is 1. The van der Waals surface area contributed by atoms with Crippen molar-refractivity contribution in [3.8, 4) is 16.9 Å². The Bertz CT molecular complexity index is 786. The van der Waals surface area contributed by atoms with Crippen molar-refractivity contribution in [2.24, 2.45) is 0 Å². The molecule has 0 atom stereocenters. The molecule has 3 rings (SSSR count). The van der Waals surface area contributed by atoms with Crippen LogP contribution in [0.3, 0.4) is 0 Å². The Labute approximate surface area is 160 Å². The van der Waals surface area contributed by atoms with Crippen LogP contribution < -0.4 is 15.4 Å². The second-order valence-corrected chi connectivity index (χ2v) is 7.12. The fourth-order valence-corrected chi connectivity index (χ4v) is 3.28. The Balaban J connectivity index is 1.62. The SMILES string of the molecule is COc1ccccc1-c1cccc(NC(=O)NCC2(O)CCN(C)CC2)c1. The summed E-state index contributed by atoms with van der Waals surface area (Å²) in [6.45, 7) is 1.92. The molecule has 0 radical (unpaired) electrons. The van der Waals surface area contributed by atoms with Crippen LogP contribution in [0.25, 0.3) is 11.1 Å². The Hall–Kier alpha value is -2.57. The molecule has 1 saturated heterocycles. The predicted octanol–water partition coefficient (Wildman–Crippen LogP) is 2.94. The van der Waals surface area contributed by atoms with Gasteiger partial charge in [-0.25, -0.2) is 4.79 Å². The number of carbonyl (C=O) groups excluding carboxylic acids is 1. The highest BCUT2D eigenvalue weighted by molar-refractivity contribution is 5.90. The molecule has 1 aliphatic heterocycles. The summed E-state index contributed by atoms with van der Waals surface area (Å²) in [5.74, 6) is 0.781. The molecule has 2 amide bonds. The van der Waals surface area contributed by atoms with Gasteiger partial charge in [-0.2, -0.15) is 0 Å². The Kier molecular flexibility index (Phi) is 5.98. The topological polar surface area (TPSA) is 73.8 Å². The molecule has 1 fully saturated rings. The molecular weight excluding hydrogens is 342 g/mol. The van der Waals surface area contributed by atoms with Gasteiger partial charge in [0.2, 0.25) is 0 Å². The number of nitrogens with zero attached hydrogens (tertiary/aromatic N) is 1. The third-order valence-electron chi connectivity index (χ3n) is 5.03. The maximum absolute atomic E-state index is 12.3. The first-order valence-electron chi connectivity index (χ1n) is 9.18. The lowest BCUT2D eigenvalue weighted by Crippen LogP contribution is -2.50. The van der Waals surface area contributed by atoms with Gasteiger partial charge in [0.05, 0.1) is 12.7 Å². The van der Waals surface area contributed by atoms with E-state index in [0.717, 1.165) is 30.0 Å². The number of aliphatic hydroxyl groups is 1. The van der Waals surface area contributed by atoms with Crippen molar-refractivity contribution in [1.82, 2.24) is 10.2 Å². The zero-order valence-electron chi connectivity index (χ0n) is 15.9. The number of methoxy groups -OCH3 is 1. The third-order valence-corrected chi connectivity index (χ3v) is 5.03. The van der Waals surface area contributed by atoms with Crippen LogP contribution in [0.5, 0.6) is 5.75 Å². The number of ether oxygens (including phenoxy) is 1. The Morgan fingerprint density at radius 2 is 1.93 bits per heavy atom. The lowest BCUT2D eigenvalue weighted by molar-refractivity contribution is -0.0120. The molecule has 27 heavy (non-hydrogen) atoms. The lowest BCUT2D eigenvalue weighted by atomic mass is 9.92. The summed E-state index contributed by atoms with van der Waals surface area (Å²) >= 11 is 0. The molecule has 3 N–H and O–H groups in total. The molecule has 2 aromatic rings. The summed E-state index contributed by atoms with van der Waals surface area (Å²) in [6.07, 6.45) is 1.32. The molecule has 1 aliphatic rings. The van der Waals surface area contributed by atoms with Gasteiger partial charge < -0.3 is 25.4 Å². The van der Waals surface area contributed by atoms with Gasteiger partial charge in [-0.15, -0.1) is 0 Å². The summed E-state index contributed by atoms with van der Waals surface area (Å²) in [7, 11) is 3.68. The van der Waals surface area contributed by atoms with Crippen LogP contribution in [0.2, 0.25) is 0 Å². The summed E-state index contributed by atoms with van der Waals surface area (Å²) < 4.78 is 5.41. The maximum atomic E-state index is 12.3. The van der Waals surface area contributed by atoms with Crippen molar-refractivity contribution in [3.63, 3.8) is 0 Å². The van der Waals surface area contributed by atoms with Crippen molar-refractivity contribution in [3.05, 3.63) is 48.5 Å². The van der Waals surface area contributed by atoms with Crippen LogP contribution in [0.15, 0.2) is 48.5 Å². The number of hydrogen-bond acceptors (Lipinski definition) is 4. The molecule has 0 aliphatic carbocycles. The minimum atomic E-state index is -0.830. The number of rotatable bonds is 5. The highest BCUT2D eigenvalue weighted by Crippen LogP contribution is 2.31. The number of hydrogen-bond donors (Lipinski definition) is 3. The zero-order chi connectivity index (χ0) is 19.3. The summed E-state index contributed by atoms with van der Waals surface area (Å²) in [5.41, 5.74) is 1.78. The number of amides is 2. The van der Waals surface area contributed by atoms with Gasteiger partial charge in [0.15, 0.2) is 0 Å². The van der Waals surface area contributed by atoms with Crippen LogP contribution in [-0.4, -0.2) is 55.4 Å². The average Bonchev–Trinajstić information content (AvgIpc) is 2.69. The smallest absolute Gasteiger partial charge is 0.319 e. The minimum absolute atomic E-state index is 0.249. The van der Waals surface area contributed by atoms with E-state index < -0.39 is 5.60 Å². The van der Waals surface area contributed by atoms with Crippen molar-refractivity contribution in [1.29, 1.82) is 0 Å². The maximum Gasteiger partial charge on any atom is 0.319 e. The Morgan fingerprint density at radius 3 is 2.67 bits per heavy atom. The van der Waals surface area contributed by atoms with Gasteiger partial charge in [-0.1, -0.05) is 30.3 Å². The zero-order valence-corrected chi connectivity index (χ0v) is 15.9. The largest absolute Gasteiger partial charge is 0.496 e. The molecule has 0 bridgehead atoms. The standard InChI is InChI=1S/C21H27N3O3/c1-24-12-10-21(26,11-13-24)15-22-20(25)23-17-7-5-6-16(14-17)18-8-3-4-9-19(18)27-2/h3-9,14,26H,10-13,15H2,1-2H3,(H2,22,23,25). The molecule has 0 unspecified atom stereocenters. The van der Waals surface area contributed by atoms with Gasteiger partial charge in [0.1, 0.15) is 5.75 Å². The second kappa shape index (κ2) is 8.41. The highest BCUT2D eigenvalue weighted by atomic mass is 16.5. The van der Waals surface area contributed by atoms with E-state index in [-0.39, 0.29) is 12.6 Å². The van der Waals surface area contributed by atoms with Gasteiger partial charge in [0, 0.05) is 30.9 Å². The predicted molar refractivity (Wildman–Crippen MR) is 107 cm³/mol. The van der Waals surface area contributed by atoms with E-state index in [9.17, 15) is 9.90 Å². The van der Waals surface area contributed by atoms with E-state index in [0.29, 0.717) is 18.5 Å². The molecule has 0 spiro atoms. The van der Waals surface area contributed by atoms with Crippen LogP contribution in [0.4, 0.5) is 10.5 Å². The molecule has 1 heterocycles. The van der Waals surface area contributed by atoms with Crippen LogP contribution in [0.1, 0.15) is 12.8 Å². The minimum Gasteiger partial charge on any atom is -0.496 e. The fraction of sp³-hybridized carbons (Fsp3) is 0.381. The highest BCUT2D eigenvalue weighted by Gasteiger charge is 2.31. The third kappa shape index (κ3) is 4.99. The number of benzene rings is 2. The first kappa shape index (κ1) is 19.2. The molecule has 144 valence electrons. The van der Waals surface area contributed by atoms with Crippen molar-refractivity contribution < 1.29 is 14.6 Å². The average molecular weight is 369 g/mol. The van der Waals surface area contributed by atoms with Gasteiger partial charge in [0.25, 0.3) is 0 Å². The van der Waals surface area contributed by atoms with E-state index in [1.807, 2.05) is 55.6 Å². The normalized spacial score (nSPS) is 16.6. The summed E-state index contributed by atoms with van der Waals surface area (Å²) in [6, 6.07) is 15.0. The van der Waals surface area contributed by atoms with Gasteiger partial charge in [-0.05, 0) is 43.7 Å². The molecule has 6 nitrogen and oxygen atoms in total. The first-order valence-corrected chi connectivity index (χ1v) is 9.18. The fourth-order valence-electron chi connectivity index (χ4n) is 3.28.